The van der Waals surface area contributed by atoms with Gasteiger partial charge in [-0.3, -0.25) is 9.89 Å². The van der Waals surface area contributed by atoms with Crippen LogP contribution < -0.4 is 10.6 Å². The second kappa shape index (κ2) is 12.4. The van der Waals surface area contributed by atoms with Crippen LogP contribution >= 0.6 is 35.3 Å². The van der Waals surface area contributed by atoms with Crippen molar-refractivity contribution >= 4 is 41.3 Å². The van der Waals surface area contributed by atoms with E-state index in [1.54, 1.807) is 11.3 Å². The maximum absolute atomic E-state index is 4.51. The number of halogens is 1. The number of aromatic nitrogens is 1. The minimum atomic E-state index is 0. The van der Waals surface area contributed by atoms with Gasteiger partial charge in [0.2, 0.25) is 0 Å². The van der Waals surface area contributed by atoms with Crippen molar-refractivity contribution < 1.29 is 0 Å². The van der Waals surface area contributed by atoms with Crippen LogP contribution in [0.25, 0.3) is 0 Å². The van der Waals surface area contributed by atoms with Gasteiger partial charge in [-0.1, -0.05) is 36.8 Å². The zero-order chi connectivity index (χ0) is 18.9. The molecular formula is C21H32IN5S. The van der Waals surface area contributed by atoms with Crippen molar-refractivity contribution in [1.82, 2.24) is 20.5 Å². The first-order chi connectivity index (χ1) is 13.2. The van der Waals surface area contributed by atoms with Crippen molar-refractivity contribution in [1.29, 1.82) is 0 Å². The van der Waals surface area contributed by atoms with Gasteiger partial charge in [0.05, 0.1) is 10.7 Å². The highest BCUT2D eigenvalue weighted by Gasteiger charge is 2.22. The molecule has 1 atom stereocenters. The van der Waals surface area contributed by atoms with Crippen molar-refractivity contribution in [2.75, 3.05) is 26.7 Å². The summed E-state index contributed by atoms with van der Waals surface area (Å²) in [5, 5.41) is 10.2. The van der Waals surface area contributed by atoms with Crippen molar-refractivity contribution in [3.8, 4) is 0 Å². The van der Waals surface area contributed by atoms with Gasteiger partial charge in [0.1, 0.15) is 0 Å². The largest absolute Gasteiger partial charge is 0.356 e. The van der Waals surface area contributed by atoms with Crippen LogP contribution in [0.2, 0.25) is 0 Å². The van der Waals surface area contributed by atoms with Gasteiger partial charge in [-0.15, -0.1) is 35.3 Å². The van der Waals surface area contributed by atoms with E-state index in [1.807, 2.05) is 14.0 Å². The van der Waals surface area contributed by atoms with Crippen LogP contribution in [0.5, 0.6) is 0 Å². The van der Waals surface area contributed by atoms with Gasteiger partial charge in [0, 0.05) is 44.5 Å². The van der Waals surface area contributed by atoms with E-state index in [9.17, 15) is 0 Å². The first kappa shape index (κ1) is 23.1. The topological polar surface area (TPSA) is 52.6 Å². The molecular weight excluding hydrogens is 481 g/mol. The Bertz CT molecular complexity index is 719. The molecule has 1 fully saturated rings. The Labute approximate surface area is 190 Å². The summed E-state index contributed by atoms with van der Waals surface area (Å²) in [4.78, 5) is 11.5. The fourth-order valence-electron chi connectivity index (χ4n) is 3.58. The summed E-state index contributed by atoms with van der Waals surface area (Å²) in [5.74, 6) is 0.882. The van der Waals surface area contributed by atoms with Crippen LogP contribution in [0, 0.1) is 6.92 Å². The molecule has 5 nitrogen and oxygen atoms in total. The molecule has 1 saturated heterocycles. The van der Waals surface area contributed by atoms with Gasteiger partial charge in [0.25, 0.3) is 0 Å². The Morgan fingerprint density at radius 2 is 2.07 bits per heavy atom. The lowest BCUT2D eigenvalue weighted by atomic mass is 10.0. The van der Waals surface area contributed by atoms with Crippen molar-refractivity contribution in [3.05, 3.63) is 52.0 Å². The van der Waals surface area contributed by atoms with E-state index in [0.717, 1.165) is 42.7 Å². The highest BCUT2D eigenvalue weighted by Crippen LogP contribution is 2.19. The summed E-state index contributed by atoms with van der Waals surface area (Å²) >= 11 is 1.71. The van der Waals surface area contributed by atoms with Crippen LogP contribution in [0.4, 0.5) is 0 Å². The van der Waals surface area contributed by atoms with Gasteiger partial charge in [-0.25, -0.2) is 4.98 Å². The number of aryl methyl sites for hydroxylation is 1. The minimum absolute atomic E-state index is 0. The van der Waals surface area contributed by atoms with Crippen LogP contribution in [0.15, 0.2) is 40.7 Å². The third-order valence-electron chi connectivity index (χ3n) is 5.05. The molecule has 1 aliphatic heterocycles. The normalized spacial score (nSPS) is 17.8. The third kappa shape index (κ3) is 7.33. The highest BCUT2D eigenvalue weighted by atomic mass is 127. The lowest BCUT2D eigenvalue weighted by Gasteiger charge is -2.36. The molecule has 0 bridgehead atoms. The second-order valence-electron chi connectivity index (χ2n) is 7.09. The summed E-state index contributed by atoms with van der Waals surface area (Å²) in [6.07, 6.45) is 4.78. The lowest BCUT2D eigenvalue weighted by Crippen LogP contribution is -2.49. The van der Waals surface area contributed by atoms with E-state index in [2.05, 4.69) is 61.2 Å². The van der Waals surface area contributed by atoms with Gasteiger partial charge in [-0.2, -0.15) is 0 Å². The third-order valence-corrected chi connectivity index (χ3v) is 5.87. The van der Waals surface area contributed by atoms with E-state index >= 15 is 0 Å². The smallest absolute Gasteiger partial charge is 0.191 e. The maximum Gasteiger partial charge on any atom is 0.191 e. The molecule has 1 aromatic heterocycles. The molecule has 154 valence electrons. The first-order valence-corrected chi connectivity index (χ1v) is 10.8. The summed E-state index contributed by atoms with van der Waals surface area (Å²) in [5.41, 5.74) is 2.55. The van der Waals surface area contributed by atoms with Crippen LogP contribution in [-0.4, -0.2) is 48.6 Å². The summed E-state index contributed by atoms with van der Waals surface area (Å²) in [6.45, 7) is 6.04. The SMILES string of the molecule is CN=C(NCCc1csc(C)n1)NCC1CCCCN1Cc1ccccc1.I. The number of hydrogen-bond donors (Lipinski definition) is 2. The number of rotatable bonds is 7. The molecule has 0 aliphatic carbocycles. The molecule has 28 heavy (non-hydrogen) atoms. The number of likely N-dealkylation sites (tertiary alicyclic amines) is 1. The Balaban J connectivity index is 0.00000280. The number of guanidine groups is 1. The van der Waals surface area contributed by atoms with Crippen LogP contribution in [0.3, 0.4) is 0 Å². The number of piperidine rings is 1. The zero-order valence-corrected chi connectivity index (χ0v) is 20.0. The molecule has 3 rings (SSSR count). The standard InChI is InChI=1S/C21H31N5S.HI/c1-17-25-19(16-27-17)11-12-23-21(22-2)24-14-20-10-6-7-13-26(20)15-18-8-4-3-5-9-18;/h3-5,8-9,16,20H,6-7,10-15H2,1-2H3,(H2,22,23,24);1H. The summed E-state index contributed by atoms with van der Waals surface area (Å²) in [6, 6.07) is 11.3. The second-order valence-corrected chi connectivity index (χ2v) is 8.16. The molecule has 1 aliphatic rings. The molecule has 1 unspecified atom stereocenters. The summed E-state index contributed by atoms with van der Waals surface area (Å²) in [7, 11) is 1.84. The molecule has 1 aromatic carbocycles. The van der Waals surface area contributed by atoms with Crippen molar-refractivity contribution in [3.63, 3.8) is 0 Å². The number of aliphatic imine (C=N–C) groups is 1. The predicted octanol–water partition coefficient (Wildman–Crippen LogP) is 3.83. The number of nitrogens with one attached hydrogen (secondary N) is 2. The monoisotopic (exact) mass is 513 g/mol. The van der Waals surface area contributed by atoms with E-state index in [4.69, 9.17) is 0 Å². The van der Waals surface area contributed by atoms with E-state index in [-0.39, 0.29) is 24.0 Å². The van der Waals surface area contributed by atoms with Gasteiger partial charge < -0.3 is 10.6 Å². The predicted molar refractivity (Wildman–Crippen MR) is 130 cm³/mol. The Morgan fingerprint density at radius 3 is 2.79 bits per heavy atom. The Kier molecular flexibility index (Phi) is 10.2. The van der Waals surface area contributed by atoms with Crippen molar-refractivity contribution in [2.24, 2.45) is 4.99 Å². The quantitative estimate of drug-likeness (QED) is 0.336. The molecule has 0 spiro atoms. The fraction of sp³-hybridized carbons (Fsp3) is 0.524. The summed E-state index contributed by atoms with van der Waals surface area (Å²) < 4.78 is 0. The van der Waals surface area contributed by atoms with Gasteiger partial charge in [0.15, 0.2) is 5.96 Å². The molecule has 7 heteroatoms. The number of thiazole rings is 1. The van der Waals surface area contributed by atoms with E-state index < -0.39 is 0 Å². The fourth-order valence-corrected chi connectivity index (χ4v) is 4.23. The lowest BCUT2D eigenvalue weighted by molar-refractivity contribution is 0.141. The molecule has 0 amide bonds. The van der Waals surface area contributed by atoms with Crippen molar-refractivity contribution in [2.45, 2.75) is 45.2 Å². The molecule has 0 saturated carbocycles. The molecule has 2 N–H and O–H groups in total. The molecule has 2 aromatic rings. The van der Waals surface area contributed by atoms with E-state index in [1.165, 1.54) is 31.4 Å². The molecule has 0 radical (unpaired) electrons. The van der Waals surface area contributed by atoms with Gasteiger partial charge >= 0.3 is 0 Å². The number of hydrogen-bond acceptors (Lipinski definition) is 4. The molecule has 2 heterocycles. The van der Waals surface area contributed by atoms with Crippen LogP contribution in [0.1, 0.15) is 35.5 Å². The average molecular weight is 513 g/mol. The van der Waals surface area contributed by atoms with Crippen LogP contribution in [-0.2, 0) is 13.0 Å². The van der Waals surface area contributed by atoms with Gasteiger partial charge in [-0.05, 0) is 31.9 Å². The highest BCUT2D eigenvalue weighted by molar-refractivity contribution is 14.0. The first-order valence-electron chi connectivity index (χ1n) is 9.88. The maximum atomic E-state index is 4.51. The number of benzene rings is 1. The number of nitrogens with zero attached hydrogens (tertiary/aromatic N) is 3. The Hall–Kier alpha value is -1.19. The average Bonchev–Trinajstić information content (AvgIpc) is 3.11. The Morgan fingerprint density at radius 1 is 1.25 bits per heavy atom. The van der Waals surface area contributed by atoms with E-state index in [0.29, 0.717) is 6.04 Å². The minimum Gasteiger partial charge on any atom is -0.356 e. The zero-order valence-electron chi connectivity index (χ0n) is 16.9.